The van der Waals surface area contributed by atoms with Gasteiger partial charge < -0.3 is 11.1 Å². The molecule has 1 aliphatic heterocycles. The molecule has 7 nitrogen and oxygen atoms in total. The molecule has 0 saturated heterocycles. The van der Waals surface area contributed by atoms with E-state index in [-0.39, 0.29) is 17.8 Å². The maximum absolute atomic E-state index is 12.6. The van der Waals surface area contributed by atoms with Gasteiger partial charge in [0.05, 0.1) is 5.69 Å². The quantitative estimate of drug-likeness (QED) is 0.677. The molecule has 1 aliphatic rings. The van der Waals surface area contributed by atoms with Crippen molar-refractivity contribution in [3.05, 3.63) is 34.9 Å². The van der Waals surface area contributed by atoms with Crippen LogP contribution in [0.4, 0.5) is 5.95 Å². The number of thioether (sulfide) groups is 1. The molecule has 2 amide bonds. The van der Waals surface area contributed by atoms with Crippen molar-refractivity contribution in [3.63, 3.8) is 0 Å². The molecule has 0 atom stereocenters. The van der Waals surface area contributed by atoms with Crippen molar-refractivity contribution in [1.29, 1.82) is 0 Å². The summed E-state index contributed by atoms with van der Waals surface area (Å²) >= 11 is 1.43. The largest absolute Gasteiger partial charge is 0.368 e. The Bertz CT molecular complexity index is 927. The van der Waals surface area contributed by atoms with Crippen LogP contribution in [0.5, 0.6) is 0 Å². The van der Waals surface area contributed by atoms with Crippen molar-refractivity contribution >= 4 is 35.7 Å². The highest BCUT2D eigenvalue weighted by Crippen LogP contribution is 2.29. The molecular formula is C19H21N5O2S. The van der Waals surface area contributed by atoms with Crippen molar-refractivity contribution < 1.29 is 9.59 Å². The lowest BCUT2D eigenvalue weighted by atomic mass is 9.97. The Kier molecular flexibility index (Phi) is 5.85. The predicted octanol–water partition coefficient (Wildman–Crippen LogP) is 2.56. The number of benzene rings is 1. The summed E-state index contributed by atoms with van der Waals surface area (Å²) in [4.78, 5) is 36.8. The molecule has 0 unspecified atom stereocenters. The number of hydrogen-bond donors (Lipinski definition) is 2. The van der Waals surface area contributed by atoms with Gasteiger partial charge in [0.2, 0.25) is 11.9 Å². The number of carbonyl (C=O) groups excluding carboxylic acids is 2. The number of nitrogen functional groups attached to an aromatic ring is 1. The van der Waals surface area contributed by atoms with Crippen LogP contribution < -0.4 is 11.1 Å². The monoisotopic (exact) mass is 383 g/mol. The zero-order valence-electron chi connectivity index (χ0n) is 15.3. The molecule has 27 heavy (non-hydrogen) atoms. The topological polar surface area (TPSA) is 110 Å². The number of nitrogens with one attached hydrogen (secondary N) is 1. The molecule has 0 fully saturated rings. The van der Waals surface area contributed by atoms with Crippen LogP contribution in [0.2, 0.25) is 0 Å². The fourth-order valence-electron chi connectivity index (χ4n) is 2.85. The molecule has 3 N–H and O–H groups in total. The van der Waals surface area contributed by atoms with Crippen LogP contribution >= 0.6 is 11.8 Å². The standard InChI is InChI=1S/C19H21N5O2S/c1-11-8-12(2)14-9-13(11)15-10-17(24-19(20)23-15)27-7-4-16(25)21-5-3-6-22-18(14)26/h5,8-10H,3-4,6-7H2,1-2H3,(H,22,26)(H2,20,23,24). The van der Waals surface area contributed by atoms with Gasteiger partial charge in [0, 0.05) is 42.5 Å². The van der Waals surface area contributed by atoms with Gasteiger partial charge in [-0.3, -0.25) is 9.59 Å². The number of rotatable bonds is 0. The van der Waals surface area contributed by atoms with E-state index in [9.17, 15) is 9.59 Å². The third-order valence-corrected chi connectivity index (χ3v) is 5.09. The summed E-state index contributed by atoms with van der Waals surface area (Å²) in [6.45, 7) is 4.29. The predicted molar refractivity (Wildman–Crippen MR) is 107 cm³/mol. The number of nitrogens with two attached hydrogens (primary N) is 1. The summed E-state index contributed by atoms with van der Waals surface area (Å²) in [7, 11) is 0. The molecule has 3 rings (SSSR count). The van der Waals surface area contributed by atoms with Crippen LogP contribution in [0.15, 0.2) is 28.2 Å². The van der Waals surface area contributed by atoms with E-state index < -0.39 is 0 Å². The highest BCUT2D eigenvalue weighted by atomic mass is 32.2. The molecule has 140 valence electrons. The first-order chi connectivity index (χ1) is 12.9. The Balaban J connectivity index is 2.07. The van der Waals surface area contributed by atoms with Crippen LogP contribution in [0.25, 0.3) is 11.3 Å². The van der Waals surface area contributed by atoms with Gasteiger partial charge in [0.1, 0.15) is 5.03 Å². The van der Waals surface area contributed by atoms with Crippen molar-refractivity contribution in [2.24, 2.45) is 4.99 Å². The molecule has 4 bridgehead atoms. The first-order valence-corrected chi connectivity index (χ1v) is 9.65. The molecular weight excluding hydrogens is 362 g/mol. The van der Waals surface area contributed by atoms with E-state index in [2.05, 4.69) is 20.3 Å². The zero-order chi connectivity index (χ0) is 19.4. The highest BCUT2D eigenvalue weighted by molar-refractivity contribution is 7.99. The lowest BCUT2D eigenvalue weighted by Crippen LogP contribution is -2.25. The number of aryl methyl sites for hydroxylation is 2. The Morgan fingerprint density at radius 3 is 2.67 bits per heavy atom. The van der Waals surface area contributed by atoms with Gasteiger partial charge in [0.25, 0.3) is 5.91 Å². The van der Waals surface area contributed by atoms with Crippen LogP contribution in [0.1, 0.15) is 34.3 Å². The first-order valence-electron chi connectivity index (χ1n) is 8.66. The van der Waals surface area contributed by atoms with Crippen molar-refractivity contribution in [2.75, 3.05) is 18.0 Å². The van der Waals surface area contributed by atoms with E-state index >= 15 is 0 Å². The average Bonchev–Trinajstić information content (AvgIpc) is 2.60. The van der Waals surface area contributed by atoms with E-state index in [1.54, 1.807) is 6.21 Å². The smallest absolute Gasteiger partial charge is 0.251 e. The highest BCUT2D eigenvalue weighted by Gasteiger charge is 2.15. The summed E-state index contributed by atoms with van der Waals surface area (Å²) in [5.74, 6) is 0.352. The number of amides is 2. The SMILES string of the molecule is Cc1cc(C)c2cc1C(=O)NCCC=NC(=O)CCSc1cc-2nc(N)n1. The van der Waals surface area contributed by atoms with Crippen molar-refractivity contribution in [2.45, 2.75) is 31.7 Å². The van der Waals surface area contributed by atoms with E-state index in [0.29, 0.717) is 41.4 Å². The molecule has 0 spiro atoms. The van der Waals surface area contributed by atoms with E-state index in [4.69, 9.17) is 5.73 Å². The van der Waals surface area contributed by atoms with Crippen LogP contribution in [-0.4, -0.2) is 40.3 Å². The van der Waals surface area contributed by atoms with Gasteiger partial charge in [-0.05, 0) is 37.1 Å². The van der Waals surface area contributed by atoms with Gasteiger partial charge >= 0.3 is 0 Å². The minimum Gasteiger partial charge on any atom is -0.368 e. The van der Waals surface area contributed by atoms with E-state index in [0.717, 1.165) is 16.7 Å². The van der Waals surface area contributed by atoms with E-state index in [1.165, 1.54) is 11.8 Å². The Morgan fingerprint density at radius 1 is 1.07 bits per heavy atom. The van der Waals surface area contributed by atoms with Gasteiger partial charge in [-0.15, -0.1) is 11.8 Å². The second-order valence-corrected chi connectivity index (χ2v) is 7.40. The van der Waals surface area contributed by atoms with Crippen molar-refractivity contribution in [3.8, 4) is 11.3 Å². The molecule has 2 aromatic rings. The average molecular weight is 383 g/mol. The third-order valence-electron chi connectivity index (χ3n) is 4.17. The summed E-state index contributed by atoms with van der Waals surface area (Å²) in [6, 6.07) is 5.65. The summed E-state index contributed by atoms with van der Waals surface area (Å²) in [5, 5.41) is 3.55. The van der Waals surface area contributed by atoms with Gasteiger partial charge in [-0.2, -0.15) is 0 Å². The van der Waals surface area contributed by atoms with Crippen LogP contribution in [0, 0.1) is 13.8 Å². The number of carbonyl (C=O) groups is 2. The maximum atomic E-state index is 12.6. The minimum absolute atomic E-state index is 0.159. The fourth-order valence-corrected chi connectivity index (χ4v) is 3.69. The zero-order valence-corrected chi connectivity index (χ0v) is 16.1. The number of aliphatic imine (C=N–C) groups is 1. The molecule has 1 aromatic carbocycles. The molecule has 0 radical (unpaired) electrons. The summed E-state index contributed by atoms with van der Waals surface area (Å²) in [5.41, 5.74) is 9.85. The fraction of sp³-hybridized carbons (Fsp3) is 0.316. The lowest BCUT2D eigenvalue weighted by molar-refractivity contribution is -0.117. The molecule has 8 heteroatoms. The summed E-state index contributed by atoms with van der Waals surface area (Å²) < 4.78 is 0. The minimum atomic E-state index is -0.194. The normalized spacial score (nSPS) is 15.5. The molecule has 0 saturated carbocycles. The number of aromatic nitrogens is 2. The number of nitrogens with zero attached hydrogens (tertiary/aromatic N) is 3. The Morgan fingerprint density at radius 2 is 1.85 bits per heavy atom. The first kappa shape index (κ1) is 19.0. The molecule has 0 aliphatic carbocycles. The number of hydrogen-bond acceptors (Lipinski definition) is 6. The Labute approximate surface area is 161 Å². The number of fused-ring (bicyclic) bond motifs is 5. The second-order valence-electron chi connectivity index (χ2n) is 6.28. The third kappa shape index (κ3) is 4.71. The maximum Gasteiger partial charge on any atom is 0.251 e. The van der Waals surface area contributed by atoms with Crippen LogP contribution in [-0.2, 0) is 4.79 Å². The van der Waals surface area contributed by atoms with Gasteiger partial charge in [-0.25, -0.2) is 15.0 Å². The summed E-state index contributed by atoms with van der Waals surface area (Å²) in [6.07, 6.45) is 2.36. The van der Waals surface area contributed by atoms with Gasteiger partial charge in [0.15, 0.2) is 0 Å². The van der Waals surface area contributed by atoms with Crippen LogP contribution in [0.3, 0.4) is 0 Å². The second kappa shape index (κ2) is 8.30. The molecule has 1 aromatic heterocycles. The number of anilines is 1. The van der Waals surface area contributed by atoms with Crippen molar-refractivity contribution in [1.82, 2.24) is 15.3 Å². The van der Waals surface area contributed by atoms with Gasteiger partial charge in [-0.1, -0.05) is 6.07 Å². The van der Waals surface area contributed by atoms with E-state index in [1.807, 2.05) is 32.0 Å². The lowest BCUT2D eigenvalue weighted by Gasteiger charge is -2.13. The molecule has 2 heterocycles. The Hall–Kier alpha value is -2.74.